The van der Waals surface area contributed by atoms with E-state index in [-0.39, 0.29) is 28.7 Å². The van der Waals surface area contributed by atoms with Crippen LogP contribution in [0.1, 0.15) is 69.6 Å². The number of aliphatic carboxylic acids is 1. The van der Waals surface area contributed by atoms with Crippen molar-refractivity contribution < 1.29 is 48.1 Å². The van der Waals surface area contributed by atoms with Crippen LogP contribution in [0.3, 0.4) is 0 Å². The number of nitrogens with zero attached hydrogens (tertiary/aromatic N) is 4. The van der Waals surface area contributed by atoms with Crippen LogP contribution in [0.4, 0.5) is 15.4 Å². The maximum atomic E-state index is 14.8. The molecular weight excluding hydrogens is 987 g/mol. The summed E-state index contributed by atoms with van der Waals surface area (Å²) in [5, 5.41) is 23.0. The first kappa shape index (κ1) is 52.3. The lowest BCUT2D eigenvalue weighted by Gasteiger charge is -2.49. The molecule has 0 spiro atoms. The van der Waals surface area contributed by atoms with Crippen LogP contribution >= 0.6 is 46.6 Å². The van der Waals surface area contributed by atoms with Crippen LogP contribution in [0.5, 0.6) is 5.19 Å². The number of fused-ring (bicyclic) bond motifs is 1. The molecule has 372 valence electrons. The molecule has 4 heterocycles. The number of carboxylic acids is 1. The number of carboxylic acid groups (broad SMARTS) is 1. The molecule has 0 bridgehead atoms. The second kappa shape index (κ2) is 22.7. The number of ether oxygens (including phenoxy) is 3. The number of aromatic nitrogens is 2. The molecule has 1 saturated heterocycles. The number of oxime groups is 1. The minimum Gasteiger partial charge on any atom is -0.477 e. The van der Waals surface area contributed by atoms with E-state index in [0.717, 1.165) is 0 Å². The fourth-order valence-corrected chi connectivity index (χ4v) is 12.0. The molecular formula is C50H53N7O10S4. The molecule has 17 nitrogen and oxygen atoms in total. The summed E-state index contributed by atoms with van der Waals surface area (Å²) in [5.74, 6) is -1.59. The van der Waals surface area contributed by atoms with Crippen LogP contribution in [0.2, 0.25) is 0 Å². The van der Waals surface area contributed by atoms with E-state index in [2.05, 4.69) is 31.1 Å². The molecule has 0 saturated carbocycles. The van der Waals surface area contributed by atoms with Crippen molar-refractivity contribution in [1.82, 2.24) is 25.5 Å². The fraction of sp³-hybridized carbons (Fsp3) is 0.320. The molecule has 1 fully saturated rings. The van der Waals surface area contributed by atoms with Gasteiger partial charge in [0.1, 0.15) is 39.8 Å². The summed E-state index contributed by atoms with van der Waals surface area (Å²) >= 11 is 5.25. The number of hydrogen-bond donors (Lipinski definition) is 4. The number of alkyl carbamates (subject to hydrolysis) is 1. The van der Waals surface area contributed by atoms with Crippen LogP contribution < -0.4 is 20.7 Å². The maximum absolute atomic E-state index is 14.8. The number of thiazole rings is 1. The summed E-state index contributed by atoms with van der Waals surface area (Å²) in [6.07, 6.45) is -1.29. The van der Waals surface area contributed by atoms with E-state index in [4.69, 9.17) is 19.0 Å². The highest BCUT2D eigenvalue weighted by Crippen LogP contribution is 2.48. The third-order valence-corrected chi connectivity index (χ3v) is 15.1. The zero-order valence-electron chi connectivity index (χ0n) is 39.9. The Morgan fingerprint density at radius 2 is 1.41 bits per heavy atom. The number of benzene rings is 3. The summed E-state index contributed by atoms with van der Waals surface area (Å²) in [6, 6.07) is 31.6. The summed E-state index contributed by atoms with van der Waals surface area (Å²) < 4.78 is 16.9. The molecule has 2 aromatic heterocycles. The van der Waals surface area contributed by atoms with Crippen LogP contribution in [-0.2, 0) is 40.0 Å². The molecule has 4 N–H and O–H groups in total. The second-order valence-corrected chi connectivity index (χ2v) is 22.3. The van der Waals surface area contributed by atoms with Gasteiger partial charge in [0, 0.05) is 45.4 Å². The normalized spacial score (nSPS) is 16.0. The van der Waals surface area contributed by atoms with Gasteiger partial charge in [0.05, 0.1) is 17.0 Å². The first-order chi connectivity index (χ1) is 33.9. The minimum absolute atomic E-state index is 0.0165. The molecule has 2 atom stereocenters. The highest BCUT2D eigenvalue weighted by molar-refractivity contribution is 8.07. The number of pyridine rings is 1. The van der Waals surface area contributed by atoms with Crippen LogP contribution in [-0.4, -0.2) is 103 Å². The quantitative estimate of drug-likeness (QED) is 0.0212. The lowest BCUT2D eigenvalue weighted by molar-refractivity contribution is -0.150. The smallest absolute Gasteiger partial charge is 0.413 e. The maximum Gasteiger partial charge on any atom is 0.413 e. The Hall–Kier alpha value is -6.55. The van der Waals surface area contributed by atoms with E-state index in [9.17, 15) is 29.1 Å². The number of carbonyl (C=O) groups is 5. The molecule has 0 unspecified atom stereocenters. The third kappa shape index (κ3) is 12.9. The zero-order chi connectivity index (χ0) is 50.9. The number of methoxy groups -OCH3 is 1. The van der Waals surface area contributed by atoms with Gasteiger partial charge in [-0.3, -0.25) is 19.8 Å². The van der Waals surface area contributed by atoms with E-state index >= 15 is 0 Å². The van der Waals surface area contributed by atoms with Crippen LogP contribution in [0.15, 0.2) is 129 Å². The van der Waals surface area contributed by atoms with Gasteiger partial charge < -0.3 is 34.8 Å². The highest BCUT2D eigenvalue weighted by Gasteiger charge is 2.55. The molecule has 4 amide bonds. The average Bonchev–Trinajstić information content (AvgIpc) is 3.72. The topological polar surface area (TPSA) is 220 Å². The summed E-state index contributed by atoms with van der Waals surface area (Å²) in [4.78, 5) is 84.4. The van der Waals surface area contributed by atoms with Crippen molar-refractivity contribution >= 4 is 88.1 Å². The van der Waals surface area contributed by atoms with Gasteiger partial charge in [0.25, 0.3) is 17.0 Å². The Labute approximate surface area is 427 Å². The van der Waals surface area contributed by atoms with E-state index in [0.29, 0.717) is 54.7 Å². The number of anilines is 1. The van der Waals surface area contributed by atoms with Gasteiger partial charge in [-0.2, -0.15) is 11.8 Å². The summed E-state index contributed by atoms with van der Waals surface area (Å²) in [6.45, 7) is 10.9. The van der Waals surface area contributed by atoms with Crippen LogP contribution in [0.25, 0.3) is 0 Å². The number of hydrogen-bond acceptors (Lipinski definition) is 16. The Balaban J connectivity index is 1.17. The van der Waals surface area contributed by atoms with Gasteiger partial charge >= 0.3 is 18.2 Å². The number of thioether (sulfide) groups is 3. The number of β-lactam (4-membered cyclic amide) rings is 1. The van der Waals surface area contributed by atoms with E-state index in [1.807, 2.05) is 91.0 Å². The van der Waals surface area contributed by atoms with Crippen molar-refractivity contribution in [3.8, 4) is 5.19 Å². The van der Waals surface area contributed by atoms with Gasteiger partial charge in [-0.15, -0.1) is 11.8 Å². The van der Waals surface area contributed by atoms with Gasteiger partial charge in [0.15, 0.2) is 5.71 Å². The number of nitrogens with one attached hydrogen (secondary N) is 3. The Morgan fingerprint density at radius 1 is 0.817 bits per heavy atom. The van der Waals surface area contributed by atoms with Gasteiger partial charge in [-0.1, -0.05) is 125 Å². The van der Waals surface area contributed by atoms with E-state index in [1.54, 1.807) is 47.6 Å². The van der Waals surface area contributed by atoms with Gasteiger partial charge in [-0.05, 0) is 53.7 Å². The fourth-order valence-electron chi connectivity index (χ4n) is 7.31. The molecule has 2 aliphatic rings. The molecule has 5 aromatic rings. The van der Waals surface area contributed by atoms with Crippen LogP contribution in [0, 0.1) is 0 Å². The lowest BCUT2D eigenvalue weighted by atomic mass is 9.80. The largest absolute Gasteiger partial charge is 0.477 e. The Bertz CT molecular complexity index is 2700. The third-order valence-electron chi connectivity index (χ3n) is 10.3. The monoisotopic (exact) mass is 1040 g/mol. The predicted octanol–water partition coefficient (Wildman–Crippen LogP) is 8.85. The van der Waals surface area contributed by atoms with Crippen molar-refractivity contribution in [3.63, 3.8) is 0 Å². The Morgan fingerprint density at radius 3 is 1.97 bits per heavy atom. The minimum atomic E-state index is -1.42. The molecule has 3 aromatic carbocycles. The van der Waals surface area contributed by atoms with E-state index in [1.165, 1.54) is 70.8 Å². The first-order valence-electron chi connectivity index (χ1n) is 22.2. The zero-order valence-corrected chi connectivity index (χ0v) is 43.2. The average molecular weight is 1040 g/mol. The summed E-state index contributed by atoms with van der Waals surface area (Å²) in [7, 11) is 1.49. The van der Waals surface area contributed by atoms with Gasteiger partial charge in [0.2, 0.25) is 5.60 Å². The van der Waals surface area contributed by atoms with Gasteiger partial charge in [-0.25, -0.2) is 24.4 Å². The number of rotatable bonds is 18. The van der Waals surface area contributed by atoms with Crippen molar-refractivity contribution in [2.45, 2.75) is 79.7 Å². The SMILES string of the molecule is COc1nc(CSCCNC(=O)OC(C)(C)C)c(SC2=C(C(=O)O)N3C(=O)[C@@H](NC(=O)C(=NOC(c4ccccc4)(c4ccccc4)c4ccccc4)c4cccc(NC(=O)OC(C)(C)C)n4)[C@@H]3SC2)s1. The lowest BCUT2D eigenvalue weighted by Crippen LogP contribution is -2.71. The number of amides is 4. The van der Waals surface area contributed by atoms with Crippen molar-refractivity contribution in [3.05, 3.63) is 148 Å². The molecule has 0 aliphatic carbocycles. The Kier molecular flexibility index (Phi) is 16.7. The summed E-state index contributed by atoms with van der Waals surface area (Å²) in [5.41, 5.74) is -0.688. The first-order valence-corrected chi connectivity index (χ1v) is 26.1. The second-order valence-electron chi connectivity index (χ2n) is 17.8. The highest BCUT2D eigenvalue weighted by atomic mass is 32.2. The molecule has 21 heteroatoms. The molecule has 0 radical (unpaired) electrons. The molecule has 7 rings (SSSR count). The van der Waals surface area contributed by atoms with Crippen molar-refractivity contribution in [1.29, 1.82) is 0 Å². The molecule has 71 heavy (non-hydrogen) atoms. The molecule has 2 aliphatic heterocycles. The van der Waals surface area contributed by atoms with Crippen molar-refractivity contribution in [2.75, 3.05) is 30.5 Å². The van der Waals surface area contributed by atoms with E-state index < -0.39 is 58.2 Å². The number of carbonyl (C=O) groups excluding carboxylic acids is 4. The van der Waals surface area contributed by atoms with Crippen molar-refractivity contribution in [2.24, 2.45) is 5.16 Å². The predicted molar refractivity (Wildman–Crippen MR) is 276 cm³/mol. The standard InChI is InChI=1S/C50H53N7O10S4/c1-48(2,3)65-45(62)51-26-27-68-28-34-44(71-47(53-34)64-7)70-35-29-69-42-38(41(59)57(42)39(35)43(60)61)55-40(58)37(33-24-17-25-36(52-33)54-46(63)66-49(4,5)6)56-67-50(30-18-11-8-12-19-30,31-20-13-9-14-21-31)32-22-15-10-16-23-32/h8-25,38,42H,26-29H2,1-7H3,(H,51,62)(H,55,58)(H,60,61)(H,52,54,63)/t38-,42+/m1/s1.